The molecule has 2 heterocycles. The molecule has 0 unspecified atom stereocenters. The van der Waals surface area contributed by atoms with Gasteiger partial charge in [0.1, 0.15) is 12.4 Å². The smallest absolute Gasteiger partial charge is 0.335 e. The number of aromatic carboxylic acids is 1. The zero-order valence-corrected chi connectivity index (χ0v) is 18.5. The van der Waals surface area contributed by atoms with Crippen LogP contribution in [0.5, 0.6) is 11.5 Å². The Labute approximate surface area is 195 Å². The molecule has 1 aliphatic rings. The molecule has 7 nitrogen and oxygen atoms in total. The van der Waals surface area contributed by atoms with Crippen LogP contribution in [0.25, 0.3) is 22.6 Å². The average molecular weight is 454 g/mol. The number of hydrogen-bond donors (Lipinski definition) is 1. The van der Waals surface area contributed by atoms with Gasteiger partial charge in [0.15, 0.2) is 11.5 Å². The van der Waals surface area contributed by atoms with Crippen LogP contribution in [-0.2, 0) is 13.2 Å². The van der Waals surface area contributed by atoms with Crippen LogP contribution in [0.4, 0.5) is 0 Å². The van der Waals surface area contributed by atoms with Crippen molar-refractivity contribution in [2.24, 2.45) is 0 Å². The number of carboxylic acid groups (broad SMARTS) is 1. The van der Waals surface area contributed by atoms with Gasteiger partial charge in [-0.3, -0.25) is 9.36 Å². The molecule has 3 aromatic carbocycles. The molecule has 170 valence electrons. The molecule has 0 amide bonds. The third-order valence-corrected chi connectivity index (χ3v) is 5.86. The highest BCUT2D eigenvalue weighted by molar-refractivity contribution is 5.93. The van der Waals surface area contributed by atoms with Gasteiger partial charge >= 0.3 is 5.97 Å². The van der Waals surface area contributed by atoms with Crippen molar-refractivity contribution < 1.29 is 19.4 Å². The first-order chi connectivity index (χ1) is 16.5. The van der Waals surface area contributed by atoms with Crippen LogP contribution in [0.15, 0.2) is 71.5 Å². The molecule has 0 bridgehead atoms. The van der Waals surface area contributed by atoms with Crippen LogP contribution < -0.4 is 15.0 Å². The van der Waals surface area contributed by atoms with E-state index in [1.807, 2.05) is 54.6 Å². The minimum atomic E-state index is -1.05. The van der Waals surface area contributed by atoms with E-state index < -0.39 is 5.97 Å². The van der Waals surface area contributed by atoms with Gasteiger partial charge in [-0.25, -0.2) is 9.78 Å². The maximum atomic E-state index is 13.0. The number of carboxylic acids is 1. The summed E-state index contributed by atoms with van der Waals surface area (Å²) in [6.45, 7) is 0.937. The van der Waals surface area contributed by atoms with Crippen molar-refractivity contribution in [1.29, 1.82) is 0 Å². The van der Waals surface area contributed by atoms with Crippen molar-refractivity contribution in [2.45, 2.75) is 19.6 Å². The monoisotopic (exact) mass is 454 g/mol. The number of ether oxygens (including phenoxy) is 2. The van der Waals surface area contributed by atoms with Crippen LogP contribution >= 0.6 is 0 Å². The van der Waals surface area contributed by atoms with Crippen molar-refractivity contribution >= 4 is 28.5 Å². The molecule has 1 aliphatic heterocycles. The molecule has 1 N–H and O–H groups in total. The number of benzene rings is 3. The van der Waals surface area contributed by atoms with E-state index in [2.05, 4.69) is 4.98 Å². The van der Waals surface area contributed by atoms with Crippen LogP contribution in [0.3, 0.4) is 0 Å². The van der Waals surface area contributed by atoms with Gasteiger partial charge in [-0.15, -0.1) is 0 Å². The van der Waals surface area contributed by atoms with Gasteiger partial charge in [-0.1, -0.05) is 36.4 Å². The first-order valence-electron chi connectivity index (χ1n) is 10.9. The summed E-state index contributed by atoms with van der Waals surface area (Å²) in [4.78, 5) is 29.0. The summed E-state index contributed by atoms with van der Waals surface area (Å²) in [5.74, 6) is 0.754. The fraction of sp³-hybridized carbons (Fsp3) is 0.148. The lowest BCUT2D eigenvalue weighted by molar-refractivity contribution is 0.0697. The number of aromatic nitrogens is 2. The molecule has 0 saturated heterocycles. The Balaban J connectivity index is 1.51. The Bertz CT molecular complexity index is 1490. The zero-order valence-electron chi connectivity index (χ0n) is 18.5. The third kappa shape index (κ3) is 4.03. The molecular formula is C27H22N2O5. The number of nitrogens with zero attached hydrogens (tertiary/aromatic N) is 2. The largest absolute Gasteiger partial charge is 0.493 e. The van der Waals surface area contributed by atoms with Crippen LogP contribution in [0.2, 0.25) is 0 Å². The highest BCUT2D eigenvalue weighted by atomic mass is 16.5. The lowest BCUT2D eigenvalue weighted by Gasteiger charge is -2.12. The van der Waals surface area contributed by atoms with E-state index in [9.17, 15) is 14.7 Å². The summed E-state index contributed by atoms with van der Waals surface area (Å²) >= 11 is 0. The molecule has 5 rings (SSSR count). The van der Waals surface area contributed by atoms with Crippen molar-refractivity contribution in [3.8, 4) is 11.5 Å². The van der Waals surface area contributed by atoms with Crippen molar-refractivity contribution in [2.75, 3.05) is 7.11 Å². The lowest BCUT2D eigenvalue weighted by Crippen LogP contribution is -2.21. The van der Waals surface area contributed by atoms with Crippen molar-refractivity contribution in [3.05, 3.63) is 99.6 Å². The standard InChI is InChI=1S/C27H22N2O5/c1-33-23-10-7-18(14-24(23)34-16-17-5-3-2-4-6-17)13-19-11-12-29-25(19)28-22-15-20(27(31)32)8-9-21(22)26(29)30/h2-10,13-15H,11-12,16H2,1H3,(H,31,32)/b19-13-. The number of allylic oxidation sites excluding steroid dienone is 1. The van der Waals surface area contributed by atoms with E-state index in [1.54, 1.807) is 11.7 Å². The maximum Gasteiger partial charge on any atom is 0.335 e. The van der Waals surface area contributed by atoms with Gasteiger partial charge in [0.05, 0.1) is 23.6 Å². The predicted octanol–water partition coefficient (Wildman–Crippen LogP) is 4.63. The highest BCUT2D eigenvalue weighted by Crippen LogP contribution is 2.32. The van der Waals surface area contributed by atoms with Gasteiger partial charge in [0.25, 0.3) is 5.56 Å². The summed E-state index contributed by atoms with van der Waals surface area (Å²) in [5.41, 5.74) is 3.16. The summed E-state index contributed by atoms with van der Waals surface area (Å²) < 4.78 is 13.1. The summed E-state index contributed by atoms with van der Waals surface area (Å²) in [7, 11) is 1.60. The summed E-state index contributed by atoms with van der Waals surface area (Å²) in [6.07, 6.45) is 2.63. The molecule has 0 atom stereocenters. The van der Waals surface area contributed by atoms with Crippen LogP contribution in [0, 0.1) is 0 Å². The normalized spacial score (nSPS) is 13.7. The zero-order chi connectivity index (χ0) is 23.7. The minimum absolute atomic E-state index is 0.100. The average Bonchev–Trinajstić information content (AvgIpc) is 3.26. The van der Waals surface area contributed by atoms with E-state index in [0.717, 1.165) is 16.7 Å². The first-order valence-corrected chi connectivity index (χ1v) is 10.9. The van der Waals surface area contributed by atoms with E-state index in [-0.39, 0.29) is 11.1 Å². The summed E-state index contributed by atoms with van der Waals surface area (Å²) in [6, 6.07) is 20.0. The number of methoxy groups -OCH3 is 1. The topological polar surface area (TPSA) is 90.7 Å². The molecule has 1 aromatic heterocycles. The van der Waals surface area contributed by atoms with E-state index in [1.165, 1.54) is 18.2 Å². The second-order valence-corrected chi connectivity index (χ2v) is 8.03. The minimum Gasteiger partial charge on any atom is -0.493 e. The molecule has 0 saturated carbocycles. The van der Waals surface area contributed by atoms with Crippen molar-refractivity contribution in [3.63, 3.8) is 0 Å². The van der Waals surface area contributed by atoms with Crippen LogP contribution in [-0.4, -0.2) is 27.7 Å². The van der Waals surface area contributed by atoms with E-state index in [4.69, 9.17) is 9.47 Å². The van der Waals surface area contributed by atoms with Gasteiger partial charge in [0, 0.05) is 6.54 Å². The predicted molar refractivity (Wildman–Crippen MR) is 129 cm³/mol. The number of carbonyl (C=O) groups is 1. The molecule has 7 heteroatoms. The lowest BCUT2D eigenvalue weighted by atomic mass is 10.1. The molecule has 0 radical (unpaired) electrons. The van der Waals surface area contributed by atoms with E-state index >= 15 is 0 Å². The summed E-state index contributed by atoms with van der Waals surface area (Å²) in [5, 5.41) is 9.71. The Kier molecular flexibility index (Phi) is 5.59. The van der Waals surface area contributed by atoms with Crippen molar-refractivity contribution in [1.82, 2.24) is 9.55 Å². The maximum absolute atomic E-state index is 13.0. The Morgan fingerprint density at radius 1 is 1.09 bits per heavy atom. The number of fused-ring (bicyclic) bond motifs is 2. The first kappa shape index (κ1) is 21.5. The van der Waals surface area contributed by atoms with Gasteiger partial charge in [-0.05, 0) is 59.5 Å². The third-order valence-electron chi connectivity index (χ3n) is 5.86. The SMILES string of the molecule is COc1ccc(/C=C2/CCn3c2nc2cc(C(=O)O)ccc2c3=O)cc1OCc1ccccc1. The molecule has 4 aromatic rings. The Morgan fingerprint density at radius 2 is 1.91 bits per heavy atom. The second kappa shape index (κ2) is 8.86. The molecular weight excluding hydrogens is 432 g/mol. The fourth-order valence-electron chi connectivity index (χ4n) is 4.12. The van der Waals surface area contributed by atoms with Gasteiger partial charge in [-0.2, -0.15) is 0 Å². The molecule has 0 fully saturated rings. The second-order valence-electron chi connectivity index (χ2n) is 8.03. The van der Waals surface area contributed by atoms with Crippen LogP contribution in [0.1, 0.15) is 33.7 Å². The Hall–Kier alpha value is -4.39. The quantitative estimate of drug-likeness (QED) is 0.457. The van der Waals surface area contributed by atoms with Gasteiger partial charge < -0.3 is 14.6 Å². The number of hydrogen-bond acceptors (Lipinski definition) is 5. The molecule has 0 spiro atoms. The number of rotatable bonds is 6. The molecule has 34 heavy (non-hydrogen) atoms. The van der Waals surface area contributed by atoms with E-state index in [0.29, 0.717) is 47.8 Å². The highest BCUT2D eigenvalue weighted by Gasteiger charge is 2.21. The Morgan fingerprint density at radius 3 is 2.68 bits per heavy atom. The fourth-order valence-corrected chi connectivity index (χ4v) is 4.12. The van der Waals surface area contributed by atoms with Gasteiger partial charge in [0.2, 0.25) is 0 Å². The molecule has 0 aliphatic carbocycles.